The minimum atomic E-state index is -2.59. The lowest BCUT2D eigenvalue weighted by Crippen LogP contribution is -2.32. The van der Waals surface area contributed by atoms with Gasteiger partial charge in [0.2, 0.25) is 5.92 Å². The molecule has 0 amide bonds. The van der Waals surface area contributed by atoms with Crippen molar-refractivity contribution in [3.63, 3.8) is 0 Å². The zero-order valence-electron chi connectivity index (χ0n) is 17.9. The molecule has 0 saturated heterocycles. The number of halogens is 2. The number of aliphatic hydroxyl groups is 1. The molecule has 1 aliphatic rings. The Kier molecular flexibility index (Phi) is 5.74. The molecule has 0 aromatic carbocycles. The quantitative estimate of drug-likeness (QED) is 0.622. The number of nitrogens with zero attached hydrogens (tertiary/aromatic N) is 6. The van der Waals surface area contributed by atoms with Gasteiger partial charge >= 0.3 is 0 Å². The number of pyridine rings is 1. The van der Waals surface area contributed by atoms with Gasteiger partial charge in [0.1, 0.15) is 5.82 Å². The Labute approximate surface area is 179 Å². The molecule has 10 heteroatoms. The third-order valence-corrected chi connectivity index (χ3v) is 5.56. The summed E-state index contributed by atoms with van der Waals surface area (Å²) in [5, 5.41) is 26.9. The Bertz CT molecular complexity index is 1050. The van der Waals surface area contributed by atoms with Gasteiger partial charge < -0.3 is 10.4 Å². The highest BCUT2D eigenvalue weighted by Crippen LogP contribution is 2.34. The number of aliphatic hydroxyl groups excluding tert-OH is 1. The van der Waals surface area contributed by atoms with Crippen molar-refractivity contribution in [1.82, 2.24) is 29.8 Å². The predicted molar refractivity (Wildman–Crippen MR) is 111 cm³/mol. The number of aryl methyl sites for hydroxylation is 3. The Balaban J connectivity index is 1.62. The van der Waals surface area contributed by atoms with Crippen molar-refractivity contribution in [1.29, 1.82) is 0 Å². The first-order chi connectivity index (χ1) is 14.7. The summed E-state index contributed by atoms with van der Waals surface area (Å²) in [6.07, 6.45) is 1.56. The standard InChI is InChI=1S/C21H27F2N7O/c1-13-8-14(2)30(27-13)20-10-15(18(31)11-17-12-24-29(3)28-17)9-19(26-20)25-16-4-6-21(22,23)7-5-16/h8-10,12,16,18,31H,4-7,11H2,1-3H3,(H,25,26). The predicted octanol–water partition coefficient (Wildman–Crippen LogP) is 3.28. The highest BCUT2D eigenvalue weighted by atomic mass is 19.3. The number of rotatable bonds is 6. The zero-order valence-corrected chi connectivity index (χ0v) is 17.9. The van der Waals surface area contributed by atoms with Crippen LogP contribution in [0.4, 0.5) is 14.6 Å². The van der Waals surface area contributed by atoms with Crippen LogP contribution in [0.25, 0.3) is 5.82 Å². The molecule has 0 aliphatic heterocycles. The summed E-state index contributed by atoms with van der Waals surface area (Å²) < 4.78 is 28.8. The maximum atomic E-state index is 13.5. The summed E-state index contributed by atoms with van der Waals surface area (Å²) in [6.45, 7) is 3.83. The van der Waals surface area contributed by atoms with Gasteiger partial charge in [0.25, 0.3) is 0 Å². The van der Waals surface area contributed by atoms with Crippen LogP contribution in [0.3, 0.4) is 0 Å². The van der Waals surface area contributed by atoms with Gasteiger partial charge in [-0.2, -0.15) is 20.1 Å². The Morgan fingerprint density at radius 2 is 1.94 bits per heavy atom. The maximum Gasteiger partial charge on any atom is 0.248 e. The largest absolute Gasteiger partial charge is 0.388 e. The van der Waals surface area contributed by atoms with Gasteiger partial charge in [-0.15, -0.1) is 0 Å². The van der Waals surface area contributed by atoms with Gasteiger partial charge in [-0.25, -0.2) is 18.4 Å². The second kappa shape index (κ2) is 8.33. The summed E-state index contributed by atoms with van der Waals surface area (Å²) in [7, 11) is 1.72. The normalized spacial score (nSPS) is 17.6. The van der Waals surface area contributed by atoms with Gasteiger partial charge in [0.15, 0.2) is 5.82 Å². The van der Waals surface area contributed by atoms with Crippen molar-refractivity contribution < 1.29 is 13.9 Å². The molecule has 1 atom stereocenters. The first-order valence-corrected chi connectivity index (χ1v) is 10.4. The van der Waals surface area contributed by atoms with Crippen molar-refractivity contribution in [2.75, 3.05) is 5.32 Å². The van der Waals surface area contributed by atoms with E-state index in [-0.39, 0.29) is 18.9 Å². The molecule has 4 rings (SSSR count). The average molecular weight is 431 g/mol. The highest BCUT2D eigenvalue weighted by molar-refractivity contribution is 5.46. The summed E-state index contributed by atoms with van der Waals surface area (Å²) in [5.41, 5.74) is 3.08. The lowest BCUT2D eigenvalue weighted by atomic mass is 9.92. The SMILES string of the molecule is Cc1cc(C)n(-c2cc(C(O)Cc3cnn(C)n3)cc(NC3CCC(F)(F)CC3)n2)n1. The van der Waals surface area contributed by atoms with Crippen LogP contribution in [0.2, 0.25) is 0 Å². The second-order valence-corrected chi connectivity index (χ2v) is 8.30. The van der Waals surface area contributed by atoms with Crippen molar-refractivity contribution >= 4 is 5.82 Å². The topological polar surface area (TPSA) is 93.7 Å². The third-order valence-electron chi connectivity index (χ3n) is 5.56. The first kappa shape index (κ1) is 21.4. The van der Waals surface area contributed by atoms with Crippen molar-refractivity contribution in [2.45, 2.75) is 64.0 Å². The van der Waals surface area contributed by atoms with Crippen molar-refractivity contribution in [3.8, 4) is 5.82 Å². The van der Waals surface area contributed by atoms with Crippen LogP contribution >= 0.6 is 0 Å². The van der Waals surface area contributed by atoms with Gasteiger partial charge in [-0.3, -0.25) is 0 Å². The molecule has 1 fully saturated rings. The first-order valence-electron chi connectivity index (χ1n) is 10.4. The van der Waals surface area contributed by atoms with Crippen molar-refractivity contribution in [2.24, 2.45) is 7.05 Å². The van der Waals surface area contributed by atoms with Gasteiger partial charge in [0.05, 0.1) is 23.7 Å². The lowest BCUT2D eigenvalue weighted by Gasteiger charge is -2.29. The molecule has 0 bridgehead atoms. The number of aromatic nitrogens is 6. The van der Waals surface area contributed by atoms with E-state index in [0.717, 1.165) is 11.4 Å². The fourth-order valence-electron chi connectivity index (χ4n) is 3.96. The average Bonchev–Trinajstić information content (AvgIpc) is 3.27. The van der Waals surface area contributed by atoms with Crippen molar-refractivity contribution in [3.05, 3.63) is 47.0 Å². The maximum absolute atomic E-state index is 13.5. The Morgan fingerprint density at radius 1 is 1.19 bits per heavy atom. The Morgan fingerprint density at radius 3 is 2.55 bits per heavy atom. The third kappa shape index (κ3) is 5.07. The fraction of sp³-hybridized carbons (Fsp3) is 0.524. The fourth-order valence-corrected chi connectivity index (χ4v) is 3.96. The summed E-state index contributed by atoms with van der Waals surface area (Å²) in [5.74, 6) is -1.49. The number of hydrogen-bond acceptors (Lipinski definition) is 6. The number of nitrogens with one attached hydrogen (secondary N) is 1. The molecule has 8 nitrogen and oxygen atoms in total. The molecule has 0 radical (unpaired) electrons. The number of alkyl halides is 2. The van der Waals surface area contributed by atoms with Crippen LogP contribution < -0.4 is 5.32 Å². The van der Waals surface area contributed by atoms with Crippen LogP contribution in [0.1, 0.15) is 54.4 Å². The zero-order chi connectivity index (χ0) is 22.2. The van der Waals surface area contributed by atoms with E-state index in [4.69, 9.17) is 0 Å². The van der Waals surface area contributed by atoms with Crippen LogP contribution in [0.5, 0.6) is 0 Å². The van der Waals surface area contributed by atoms with E-state index < -0.39 is 12.0 Å². The van der Waals surface area contributed by atoms with Gasteiger partial charge in [-0.1, -0.05) is 0 Å². The van der Waals surface area contributed by atoms with E-state index in [2.05, 4.69) is 25.6 Å². The van der Waals surface area contributed by atoms with Crippen LogP contribution in [0, 0.1) is 13.8 Å². The minimum absolute atomic E-state index is 0.0900. The van der Waals surface area contributed by atoms with E-state index in [1.807, 2.05) is 19.9 Å². The van der Waals surface area contributed by atoms with E-state index in [1.54, 1.807) is 30.1 Å². The molecule has 1 aliphatic carbocycles. The molecule has 3 aromatic rings. The van der Waals surface area contributed by atoms with E-state index >= 15 is 0 Å². The summed E-state index contributed by atoms with van der Waals surface area (Å²) >= 11 is 0. The molecule has 1 unspecified atom stereocenters. The molecule has 166 valence electrons. The lowest BCUT2D eigenvalue weighted by molar-refractivity contribution is -0.0361. The monoisotopic (exact) mass is 431 g/mol. The highest BCUT2D eigenvalue weighted by Gasteiger charge is 2.35. The second-order valence-electron chi connectivity index (χ2n) is 8.30. The molecule has 3 aromatic heterocycles. The van der Waals surface area contributed by atoms with E-state index in [1.165, 1.54) is 4.80 Å². The van der Waals surface area contributed by atoms with Gasteiger partial charge in [-0.05, 0) is 50.5 Å². The molecular formula is C21H27F2N7O. The van der Waals surface area contributed by atoms with E-state index in [9.17, 15) is 13.9 Å². The molecule has 2 N–H and O–H groups in total. The summed E-state index contributed by atoms with van der Waals surface area (Å²) in [6, 6.07) is 5.41. The molecule has 1 saturated carbocycles. The molecule has 31 heavy (non-hydrogen) atoms. The minimum Gasteiger partial charge on any atom is -0.388 e. The van der Waals surface area contributed by atoms with Crippen LogP contribution in [-0.2, 0) is 13.5 Å². The van der Waals surface area contributed by atoms with Gasteiger partial charge in [0, 0.05) is 38.0 Å². The Hall–Kier alpha value is -2.88. The van der Waals surface area contributed by atoms with Crippen LogP contribution in [0.15, 0.2) is 24.4 Å². The molecular weight excluding hydrogens is 404 g/mol. The summed E-state index contributed by atoms with van der Waals surface area (Å²) in [4.78, 5) is 6.11. The smallest absolute Gasteiger partial charge is 0.248 e. The van der Waals surface area contributed by atoms with Crippen LogP contribution in [-0.4, -0.2) is 46.8 Å². The number of anilines is 1. The molecule has 0 spiro atoms. The van der Waals surface area contributed by atoms with E-state index in [0.29, 0.717) is 42.2 Å². The molecule has 3 heterocycles. The number of hydrogen-bond donors (Lipinski definition) is 2.